The van der Waals surface area contributed by atoms with Crippen LogP contribution in [0.3, 0.4) is 0 Å². The number of H-pyrrole nitrogens is 1. The smallest absolute Gasteiger partial charge is 0.305 e. The molecule has 6 nitrogen and oxygen atoms in total. The second kappa shape index (κ2) is 6.41. The number of amides is 1. The van der Waals surface area contributed by atoms with E-state index < -0.39 is 18.1 Å². The zero-order valence-corrected chi connectivity index (χ0v) is 11.8. The maximum absolute atomic E-state index is 12.0. The number of aliphatic carboxylic acids is 1. The summed E-state index contributed by atoms with van der Waals surface area (Å²) < 4.78 is 0. The second-order valence-corrected chi connectivity index (χ2v) is 5.18. The molecule has 0 aliphatic heterocycles. The van der Waals surface area contributed by atoms with Crippen LogP contribution in [0, 0.1) is 0 Å². The molecule has 0 saturated carbocycles. The van der Waals surface area contributed by atoms with Gasteiger partial charge in [0, 0.05) is 23.1 Å². The Labute approximate surface area is 122 Å². The normalized spacial score (nSPS) is 13.8. The molecule has 112 valence electrons. The van der Waals surface area contributed by atoms with Gasteiger partial charge in [0.2, 0.25) is 5.91 Å². The third-order valence-electron chi connectivity index (χ3n) is 3.32. The average Bonchev–Trinajstić information content (AvgIpc) is 2.81. The van der Waals surface area contributed by atoms with E-state index in [0.29, 0.717) is 6.42 Å². The number of nitrogens with one attached hydrogen (secondary N) is 2. The van der Waals surface area contributed by atoms with E-state index in [2.05, 4.69) is 10.3 Å². The molecule has 2 unspecified atom stereocenters. The molecule has 1 aromatic heterocycles. The van der Waals surface area contributed by atoms with Crippen molar-refractivity contribution in [1.82, 2.24) is 10.3 Å². The van der Waals surface area contributed by atoms with Crippen LogP contribution in [0.1, 0.15) is 18.9 Å². The third-order valence-corrected chi connectivity index (χ3v) is 3.32. The molecular weight excluding hydrogens is 270 g/mol. The largest absolute Gasteiger partial charge is 0.481 e. The molecule has 0 bridgehead atoms. The number of aromatic nitrogens is 1. The first kappa shape index (κ1) is 15.1. The highest BCUT2D eigenvalue weighted by Crippen LogP contribution is 2.18. The quantitative estimate of drug-likeness (QED) is 0.636. The predicted octanol–water partition coefficient (Wildman–Crippen LogP) is 1.02. The van der Waals surface area contributed by atoms with Gasteiger partial charge < -0.3 is 21.1 Å². The zero-order valence-electron chi connectivity index (χ0n) is 11.8. The van der Waals surface area contributed by atoms with Gasteiger partial charge in [-0.3, -0.25) is 9.59 Å². The average molecular weight is 289 g/mol. The van der Waals surface area contributed by atoms with E-state index >= 15 is 0 Å². The van der Waals surface area contributed by atoms with Gasteiger partial charge in [0.1, 0.15) is 0 Å². The highest BCUT2D eigenvalue weighted by atomic mass is 16.4. The number of hydrogen-bond donors (Lipinski definition) is 4. The molecular formula is C15H19N3O3. The Morgan fingerprint density at radius 1 is 1.38 bits per heavy atom. The maximum atomic E-state index is 12.0. The van der Waals surface area contributed by atoms with Gasteiger partial charge >= 0.3 is 5.97 Å². The molecule has 0 fully saturated rings. The first-order valence-corrected chi connectivity index (χ1v) is 6.80. The molecule has 6 heteroatoms. The van der Waals surface area contributed by atoms with Gasteiger partial charge in [-0.15, -0.1) is 0 Å². The summed E-state index contributed by atoms with van der Waals surface area (Å²) in [5.41, 5.74) is 7.88. The van der Waals surface area contributed by atoms with Gasteiger partial charge in [0.15, 0.2) is 0 Å². The van der Waals surface area contributed by atoms with Gasteiger partial charge in [-0.05, 0) is 25.0 Å². The summed E-state index contributed by atoms with van der Waals surface area (Å²) in [4.78, 5) is 25.7. The topological polar surface area (TPSA) is 108 Å². The van der Waals surface area contributed by atoms with Crippen molar-refractivity contribution in [2.75, 3.05) is 0 Å². The van der Waals surface area contributed by atoms with E-state index in [1.54, 1.807) is 6.92 Å². The first-order chi connectivity index (χ1) is 9.97. The fraction of sp³-hybridized carbons (Fsp3) is 0.333. The van der Waals surface area contributed by atoms with Gasteiger partial charge in [-0.2, -0.15) is 0 Å². The van der Waals surface area contributed by atoms with Crippen molar-refractivity contribution >= 4 is 22.8 Å². The van der Waals surface area contributed by atoms with Crippen LogP contribution in [0.2, 0.25) is 0 Å². The van der Waals surface area contributed by atoms with Crippen molar-refractivity contribution in [3.8, 4) is 0 Å². The Balaban J connectivity index is 1.99. The number of carbonyl (C=O) groups excluding carboxylic acids is 1. The van der Waals surface area contributed by atoms with Crippen LogP contribution < -0.4 is 11.1 Å². The number of carbonyl (C=O) groups is 2. The molecule has 0 saturated heterocycles. The maximum Gasteiger partial charge on any atom is 0.305 e. The number of para-hydroxylation sites is 1. The molecule has 2 atom stereocenters. The molecule has 5 N–H and O–H groups in total. The number of carboxylic acids is 1. The molecule has 2 rings (SSSR count). The van der Waals surface area contributed by atoms with Crippen LogP contribution in [-0.4, -0.2) is 34.1 Å². The minimum Gasteiger partial charge on any atom is -0.481 e. The summed E-state index contributed by atoms with van der Waals surface area (Å²) in [5, 5.41) is 12.3. The zero-order chi connectivity index (χ0) is 15.4. The number of fused-ring (bicyclic) bond motifs is 1. The Bertz CT molecular complexity index is 650. The van der Waals surface area contributed by atoms with E-state index in [1.807, 2.05) is 30.5 Å². The van der Waals surface area contributed by atoms with Crippen LogP contribution >= 0.6 is 0 Å². The lowest BCUT2D eigenvalue weighted by molar-refractivity contribution is -0.137. The van der Waals surface area contributed by atoms with Crippen LogP contribution in [0.25, 0.3) is 10.9 Å². The van der Waals surface area contributed by atoms with Crippen molar-refractivity contribution in [3.05, 3.63) is 36.0 Å². The number of carboxylic acid groups (broad SMARTS) is 1. The Kier molecular flexibility index (Phi) is 4.59. The van der Waals surface area contributed by atoms with Crippen molar-refractivity contribution in [3.63, 3.8) is 0 Å². The SMILES string of the molecule is CC(CC(=O)O)NC(=O)C(N)Cc1c[nH]c2ccccc12. The number of benzene rings is 1. The summed E-state index contributed by atoms with van der Waals surface area (Å²) in [6.07, 6.45) is 2.12. The molecule has 1 heterocycles. The molecule has 0 aliphatic carbocycles. The van der Waals surface area contributed by atoms with Crippen molar-refractivity contribution < 1.29 is 14.7 Å². The van der Waals surface area contributed by atoms with Crippen molar-refractivity contribution in [2.24, 2.45) is 5.73 Å². The number of rotatable bonds is 6. The standard InChI is InChI=1S/C15H19N3O3/c1-9(6-14(19)20)18-15(21)12(16)7-10-8-17-13-5-3-2-4-11(10)13/h2-5,8-9,12,17H,6-7,16H2,1H3,(H,18,21)(H,19,20). The summed E-state index contributed by atoms with van der Waals surface area (Å²) >= 11 is 0. The minimum atomic E-state index is -0.951. The molecule has 1 aromatic carbocycles. The number of aromatic amines is 1. The van der Waals surface area contributed by atoms with Crippen molar-refractivity contribution in [1.29, 1.82) is 0 Å². The lowest BCUT2D eigenvalue weighted by Gasteiger charge is -2.16. The number of hydrogen-bond acceptors (Lipinski definition) is 3. The van der Waals surface area contributed by atoms with Crippen LogP contribution in [0.5, 0.6) is 0 Å². The van der Waals surface area contributed by atoms with Crippen LogP contribution in [-0.2, 0) is 16.0 Å². The van der Waals surface area contributed by atoms with E-state index in [1.165, 1.54) is 0 Å². The number of nitrogens with two attached hydrogens (primary N) is 1. The molecule has 0 aliphatic rings. The molecule has 2 aromatic rings. The van der Waals surface area contributed by atoms with Crippen molar-refractivity contribution in [2.45, 2.75) is 31.8 Å². The molecule has 0 radical (unpaired) electrons. The monoisotopic (exact) mass is 289 g/mol. The minimum absolute atomic E-state index is 0.119. The lowest BCUT2D eigenvalue weighted by Crippen LogP contribution is -2.46. The summed E-state index contributed by atoms with van der Waals surface area (Å²) in [6.45, 7) is 1.64. The summed E-state index contributed by atoms with van der Waals surface area (Å²) in [6, 6.07) is 6.64. The predicted molar refractivity (Wildman–Crippen MR) is 79.8 cm³/mol. The van der Waals surface area contributed by atoms with E-state index in [-0.39, 0.29) is 12.3 Å². The Hall–Kier alpha value is -2.34. The first-order valence-electron chi connectivity index (χ1n) is 6.80. The fourth-order valence-corrected chi connectivity index (χ4v) is 2.29. The van der Waals surface area contributed by atoms with Gasteiger partial charge in [-0.1, -0.05) is 18.2 Å². The van der Waals surface area contributed by atoms with Crippen LogP contribution in [0.15, 0.2) is 30.5 Å². The van der Waals surface area contributed by atoms with E-state index in [9.17, 15) is 9.59 Å². The van der Waals surface area contributed by atoms with E-state index in [4.69, 9.17) is 10.8 Å². The van der Waals surface area contributed by atoms with Gasteiger partial charge in [0.05, 0.1) is 12.5 Å². The highest BCUT2D eigenvalue weighted by molar-refractivity contribution is 5.86. The Morgan fingerprint density at radius 3 is 2.81 bits per heavy atom. The summed E-state index contributed by atoms with van der Waals surface area (Å²) in [7, 11) is 0. The highest BCUT2D eigenvalue weighted by Gasteiger charge is 2.18. The van der Waals surface area contributed by atoms with Crippen LogP contribution in [0.4, 0.5) is 0 Å². The van der Waals surface area contributed by atoms with E-state index in [0.717, 1.165) is 16.5 Å². The Morgan fingerprint density at radius 2 is 2.10 bits per heavy atom. The van der Waals surface area contributed by atoms with Gasteiger partial charge in [0.25, 0.3) is 0 Å². The summed E-state index contributed by atoms with van der Waals surface area (Å²) in [5.74, 6) is -1.29. The lowest BCUT2D eigenvalue weighted by atomic mass is 10.0. The molecule has 1 amide bonds. The molecule has 21 heavy (non-hydrogen) atoms. The second-order valence-electron chi connectivity index (χ2n) is 5.18. The third kappa shape index (κ3) is 3.82. The fourth-order valence-electron chi connectivity index (χ4n) is 2.29. The van der Waals surface area contributed by atoms with Gasteiger partial charge in [-0.25, -0.2) is 0 Å². The molecule has 0 spiro atoms.